The van der Waals surface area contributed by atoms with Crippen molar-refractivity contribution in [3.05, 3.63) is 166 Å². The molecule has 0 bridgehead atoms. The molecule has 2 aromatic heterocycles. The number of carbonyl (C=O) groups is 5. The first-order valence-corrected chi connectivity index (χ1v) is 24.5. The van der Waals surface area contributed by atoms with Gasteiger partial charge in [-0.15, -0.1) is 0 Å². The van der Waals surface area contributed by atoms with Crippen LogP contribution in [0, 0.1) is 0 Å². The van der Waals surface area contributed by atoms with Crippen molar-refractivity contribution in [3.63, 3.8) is 0 Å². The molecule has 0 N–H and O–H groups in total. The highest BCUT2D eigenvalue weighted by atomic mass is 32.2. The van der Waals surface area contributed by atoms with Gasteiger partial charge in [0, 0.05) is 56.9 Å². The summed E-state index contributed by atoms with van der Waals surface area (Å²) in [5.41, 5.74) is 6.04. The van der Waals surface area contributed by atoms with Crippen LogP contribution in [-0.2, 0) is 27.2 Å². The van der Waals surface area contributed by atoms with Crippen LogP contribution in [0.4, 0.5) is 32.3 Å². The summed E-state index contributed by atoms with van der Waals surface area (Å²) in [6, 6.07) is 42.3. The van der Waals surface area contributed by atoms with Crippen LogP contribution in [0.3, 0.4) is 0 Å². The number of aliphatic imine (C=N–C) groups is 2. The number of fused-ring (bicyclic) bond motifs is 2. The van der Waals surface area contributed by atoms with Crippen LogP contribution in [0.1, 0.15) is 22.6 Å². The number of benzene rings is 4. The predicted octanol–water partition coefficient (Wildman–Crippen LogP) is 10.9. The Labute approximate surface area is 402 Å². The van der Waals surface area contributed by atoms with Crippen LogP contribution < -0.4 is 9.80 Å². The lowest BCUT2D eigenvalue weighted by Crippen LogP contribution is -2.51. The second-order valence-corrected chi connectivity index (χ2v) is 19.6. The van der Waals surface area contributed by atoms with Gasteiger partial charge in [0.05, 0.1) is 37.0 Å². The number of imide groups is 2. The van der Waals surface area contributed by atoms with Crippen molar-refractivity contribution in [2.45, 2.75) is 23.0 Å². The molecule has 0 aliphatic carbocycles. The Balaban J connectivity index is 0.000000162. The first-order chi connectivity index (χ1) is 32.7. The number of rotatable bonds is 8. The Morgan fingerprint density at radius 1 is 0.567 bits per heavy atom. The van der Waals surface area contributed by atoms with Gasteiger partial charge in [-0.2, -0.15) is 0 Å². The summed E-state index contributed by atoms with van der Waals surface area (Å²) in [5, 5.41) is 2.51. The van der Waals surface area contributed by atoms with Crippen molar-refractivity contribution < 1.29 is 32.8 Å². The number of piperazine rings is 1. The molecule has 67 heavy (non-hydrogen) atoms. The number of furan rings is 2. The molecule has 0 saturated carbocycles. The summed E-state index contributed by atoms with van der Waals surface area (Å²) in [4.78, 5) is 79.4. The van der Waals surface area contributed by atoms with Gasteiger partial charge >= 0.3 is 0 Å². The van der Waals surface area contributed by atoms with Gasteiger partial charge in [-0.25, -0.2) is 14.9 Å². The average molecular weight is 963 g/mol. The molecule has 3 saturated heterocycles. The standard InChI is InChI=1S/C28H24N4O4S2.C22H14N2O3S2/c33-25(31-14-12-30(13-15-31)20-7-2-1-3-8-20)18-32-27(34)23(37-28(32)35)17-21-10-11-26(36-21)38-24-16-19-6-4-5-9-22(19)29-24;25-21-18(28-22(26)24(21)15-7-2-1-3-8-15)13-16-10-11-20(27-16)29-19-12-14-6-4-5-9-17(14)23-19/h1-11,17H,12-16,18H2;1-11,13H,12H2/b23-17-;18-13-. The minimum Gasteiger partial charge on any atom is -0.450 e. The molecule has 17 heteroatoms. The summed E-state index contributed by atoms with van der Waals surface area (Å²) < 4.78 is 11.7. The maximum atomic E-state index is 13.0. The fourth-order valence-electron chi connectivity index (χ4n) is 7.75. The molecule has 7 heterocycles. The monoisotopic (exact) mass is 962 g/mol. The third-order valence-corrected chi connectivity index (χ3v) is 14.6. The Hall–Kier alpha value is -6.79. The normalized spacial score (nSPS) is 17.9. The Kier molecular flexibility index (Phi) is 12.9. The molecule has 13 nitrogen and oxygen atoms in total. The van der Waals surface area contributed by atoms with Gasteiger partial charge in [0.2, 0.25) is 5.91 Å². The summed E-state index contributed by atoms with van der Waals surface area (Å²) in [5.74, 6) is -0.0409. The molecular weight excluding hydrogens is 925 g/mol. The minimum absolute atomic E-state index is 0.226. The number of para-hydroxylation sites is 4. The van der Waals surface area contributed by atoms with Crippen LogP contribution >= 0.6 is 47.0 Å². The number of amides is 5. The highest BCUT2D eigenvalue weighted by molar-refractivity contribution is 8.19. The Bertz CT molecular complexity index is 3050. The van der Waals surface area contributed by atoms with E-state index in [1.807, 2.05) is 84.9 Å². The molecule has 0 atom stereocenters. The topological polar surface area (TPSA) is 149 Å². The summed E-state index contributed by atoms with van der Waals surface area (Å²) in [6.07, 6.45) is 4.71. The quantitative estimate of drug-likeness (QED) is 0.134. The second-order valence-electron chi connectivity index (χ2n) is 15.5. The zero-order valence-corrected chi connectivity index (χ0v) is 38.7. The largest absolute Gasteiger partial charge is 0.450 e. The molecule has 0 radical (unpaired) electrons. The smallest absolute Gasteiger partial charge is 0.298 e. The molecule has 5 amide bonds. The van der Waals surface area contributed by atoms with Gasteiger partial charge in [-0.1, -0.05) is 72.8 Å². The van der Waals surface area contributed by atoms with Gasteiger partial charge in [0.1, 0.15) is 18.1 Å². The maximum absolute atomic E-state index is 13.0. The zero-order valence-electron chi connectivity index (χ0n) is 35.5. The van der Waals surface area contributed by atoms with Crippen molar-refractivity contribution in [2.24, 2.45) is 9.98 Å². The average Bonchev–Trinajstić information content (AvgIpc) is 4.22. The summed E-state index contributed by atoms with van der Waals surface area (Å²) in [7, 11) is 0. The van der Waals surface area contributed by atoms with Gasteiger partial charge in [0.15, 0.2) is 10.2 Å². The van der Waals surface area contributed by atoms with Crippen molar-refractivity contribution in [3.8, 4) is 0 Å². The van der Waals surface area contributed by atoms with Crippen LogP contribution in [0.25, 0.3) is 12.2 Å². The molecule has 334 valence electrons. The molecule has 5 aliphatic rings. The number of nitrogens with zero attached hydrogens (tertiary/aromatic N) is 6. The molecule has 11 rings (SSSR count). The number of hydrogen-bond acceptors (Lipinski definition) is 14. The van der Waals surface area contributed by atoms with E-state index in [1.165, 1.54) is 39.6 Å². The maximum Gasteiger partial charge on any atom is 0.298 e. The predicted molar refractivity (Wildman–Crippen MR) is 266 cm³/mol. The van der Waals surface area contributed by atoms with E-state index in [4.69, 9.17) is 8.83 Å². The highest BCUT2D eigenvalue weighted by Crippen LogP contribution is 2.39. The molecule has 5 aliphatic heterocycles. The fourth-order valence-corrected chi connectivity index (χ4v) is 11.1. The molecule has 4 aromatic carbocycles. The molecule has 0 spiro atoms. The first kappa shape index (κ1) is 44.1. The number of thioether (sulfide) groups is 4. The van der Waals surface area contributed by atoms with E-state index >= 15 is 0 Å². The zero-order chi connectivity index (χ0) is 45.9. The van der Waals surface area contributed by atoms with Crippen LogP contribution in [-0.4, -0.2) is 80.8 Å². The third kappa shape index (κ3) is 10.00. The van der Waals surface area contributed by atoms with Gasteiger partial charge in [-0.05, 0) is 119 Å². The number of anilines is 2. The van der Waals surface area contributed by atoms with Crippen molar-refractivity contribution in [1.82, 2.24) is 9.80 Å². The van der Waals surface area contributed by atoms with E-state index < -0.39 is 11.1 Å². The first-order valence-electron chi connectivity index (χ1n) is 21.2. The lowest BCUT2D eigenvalue weighted by Gasteiger charge is -2.36. The van der Waals surface area contributed by atoms with Crippen LogP contribution in [0.15, 0.2) is 172 Å². The minimum atomic E-state index is -0.475. The summed E-state index contributed by atoms with van der Waals surface area (Å²) >= 11 is 4.65. The van der Waals surface area contributed by atoms with E-state index in [2.05, 4.69) is 27.0 Å². The lowest BCUT2D eigenvalue weighted by molar-refractivity contribution is -0.136. The van der Waals surface area contributed by atoms with Crippen molar-refractivity contribution in [1.29, 1.82) is 0 Å². The SMILES string of the molecule is O=C(CN1C(=O)S/C(=C\c2ccc(SC3=Nc4ccccc4C3)o2)C1=O)N1CCN(c2ccccc2)CC1.O=C1S/C(=C\c2ccc(SC3=Nc4ccccc4C3)o2)C(=O)N1c1ccccc1. The van der Waals surface area contributed by atoms with Crippen molar-refractivity contribution >= 4 is 120 Å². The second kappa shape index (κ2) is 19.6. The van der Waals surface area contributed by atoms with E-state index in [0.717, 1.165) is 68.4 Å². The van der Waals surface area contributed by atoms with E-state index in [0.29, 0.717) is 58.5 Å². The lowest BCUT2D eigenvalue weighted by atomic mass is 10.2. The molecular formula is C50H38N6O7S4. The Morgan fingerprint density at radius 2 is 1.06 bits per heavy atom. The Morgan fingerprint density at radius 3 is 1.61 bits per heavy atom. The van der Waals surface area contributed by atoms with Crippen LogP contribution in [0.2, 0.25) is 0 Å². The molecule has 3 fully saturated rings. The van der Waals surface area contributed by atoms with Crippen LogP contribution in [0.5, 0.6) is 0 Å². The van der Waals surface area contributed by atoms with Gasteiger partial charge < -0.3 is 18.6 Å². The number of hydrogen-bond donors (Lipinski definition) is 0. The van der Waals surface area contributed by atoms with Crippen molar-refractivity contribution in [2.75, 3.05) is 42.5 Å². The van der Waals surface area contributed by atoms with E-state index in [9.17, 15) is 24.0 Å². The highest BCUT2D eigenvalue weighted by Gasteiger charge is 2.38. The molecule has 0 unspecified atom stereocenters. The third-order valence-electron chi connectivity index (χ3n) is 11.1. The molecule has 6 aromatic rings. The summed E-state index contributed by atoms with van der Waals surface area (Å²) in [6.45, 7) is 2.24. The number of carbonyl (C=O) groups excluding carboxylic acids is 5. The van der Waals surface area contributed by atoms with E-state index in [-0.39, 0.29) is 28.5 Å². The van der Waals surface area contributed by atoms with E-state index in [1.54, 1.807) is 53.5 Å². The van der Waals surface area contributed by atoms with Gasteiger partial charge in [0.25, 0.3) is 22.3 Å². The van der Waals surface area contributed by atoms with Gasteiger partial charge in [-0.3, -0.25) is 28.9 Å². The fraction of sp³-hybridized carbons (Fsp3) is 0.140.